The maximum absolute atomic E-state index is 6.04. The maximum atomic E-state index is 6.04. The minimum Gasteiger partial charge on any atom is -0.372 e. The van der Waals surface area contributed by atoms with Gasteiger partial charge in [0.15, 0.2) is 0 Å². The number of nitrogens with two attached hydrogens (primary N) is 1. The van der Waals surface area contributed by atoms with Gasteiger partial charge in [0.1, 0.15) is 0 Å². The molecule has 0 spiro atoms. The molecular weight excluding hydrogens is 222 g/mol. The second kappa shape index (κ2) is 4.56. The molecule has 0 radical (unpaired) electrons. The highest BCUT2D eigenvalue weighted by atomic mass is 16.5. The van der Waals surface area contributed by atoms with E-state index in [1.54, 1.807) is 0 Å². The average Bonchev–Trinajstić information content (AvgIpc) is 2.85. The van der Waals surface area contributed by atoms with Crippen LogP contribution < -0.4 is 5.73 Å². The SMILES string of the molecule is CC(N)c1ccccc1-c1ccc2c(c1)COC2. The van der Waals surface area contributed by atoms with Crippen molar-refractivity contribution >= 4 is 0 Å². The Bertz CT molecular complexity index is 575. The zero-order chi connectivity index (χ0) is 12.5. The molecular formula is C16H17NO. The van der Waals surface area contributed by atoms with E-state index in [0.29, 0.717) is 0 Å². The second-order valence-electron chi connectivity index (χ2n) is 4.85. The fourth-order valence-electron chi connectivity index (χ4n) is 2.50. The molecule has 1 aliphatic rings. The van der Waals surface area contributed by atoms with E-state index in [0.717, 1.165) is 13.2 Å². The molecule has 2 N–H and O–H groups in total. The summed E-state index contributed by atoms with van der Waals surface area (Å²) in [5.74, 6) is 0. The minimum atomic E-state index is 0.0469. The topological polar surface area (TPSA) is 35.2 Å². The first-order valence-corrected chi connectivity index (χ1v) is 6.30. The molecule has 3 rings (SSSR count). The van der Waals surface area contributed by atoms with Gasteiger partial charge in [-0.15, -0.1) is 0 Å². The lowest BCUT2D eigenvalue weighted by atomic mass is 9.94. The third-order valence-corrected chi connectivity index (χ3v) is 3.48. The predicted molar refractivity (Wildman–Crippen MR) is 73.0 cm³/mol. The van der Waals surface area contributed by atoms with Crippen molar-refractivity contribution in [3.8, 4) is 11.1 Å². The van der Waals surface area contributed by atoms with Crippen molar-refractivity contribution in [3.63, 3.8) is 0 Å². The van der Waals surface area contributed by atoms with Crippen LogP contribution in [0.3, 0.4) is 0 Å². The highest BCUT2D eigenvalue weighted by Gasteiger charge is 2.14. The van der Waals surface area contributed by atoms with E-state index in [9.17, 15) is 0 Å². The van der Waals surface area contributed by atoms with E-state index < -0.39 is 0 Å². The predicted octanol–water partition coefficient (Wildman–Crippen LogP) is 3.40. The van der Waals surface area contributed by atoms with Gasteiger partial charge in [-0.25, -0.2) is 0 Å². The highest BCUT2D eigenvalue weighted by Crippen LogP contribution is 2.30. The molecule has 0 saturated carbocycles. The van der Waals surface area contributed by atoms with E-state index in [1.165, 1.54) is 27.8 Å². The lowest BCUT2D eigenvalue weighted by Gasteiger charge is -2.13. The quantitative estimate of drug-likeness (QED) is 0.871. The van der Waals surface area contributed by atoms with Crippen molar-refractivity contribution in [2.75, 3.05) is 0 Å². The van der Waals surface area contributed by atoms with E-state index in [2.05, 4.69) is 36.4 Å². The van der Waals surface area contributed by atoms with Crippen LogP contribution >= 0.6 is 0 Å². The zero-order valence-electron chi connectivity index (χ0n) is 10.5. The second-order valence-corrected chi connectivity index (χ2v) is 4.85. The molecule has 0 aromatic heterocycles. The molecule has 2 nitrogen and oxygen atoms in total. The highest BCUT2D eigenvalue weighted by molar-refractivity contribution is 5.69. The molecule has 1 aliphatic heterocycles. The molecule has 1 heterocycles. The first kappa shape index (κ1) is 11.5. The molecule has 0 bridgehead atoms. The van der Waals surface area contributed by atoms with E-state index in [-0.39, 0.29) is 6.04 Å². The minimum absolute atomic E-state index is 0.0469. The first-order valence-electron chi connectivity index (χ1n) is 6.30. The van der Waals surface area contributed by atoms with E-state index >= 15 is 0 Å². The van der Waals surface area contributed by atoms with E-state index in [4.69, 9.17) is 10.5 Å². The Labute approximate surface area is 107 Å². The third-order valence-electron chi connectivity index (χ3n) is 3.48. The van der Waals surface area contributed by atoms with Crippen LogP contribution in [0, 0.1) is 0 Å². The van der Waals surface area contributed by atoms with Gasteiger partial charge in [0.25, 0.3) is 0 Å². The summed E-state index contributed by atoms with van der Waals surface area (Å²) < 4.78 is 5.46. The molecule has 0 fully saturated rings. The average molecular weight is 239 g/mol. The number of hydrogen-bond acceptors (Lipinski definition) is 2. The molecule has 0 aliphatic carbocycles. The van der Waals surface area contributed by atoms with Crippen molar-refractivity contribution in [1.29, 1.82) is 0 Å². The van der Waals surface area contributed by atoms with Crippen LogP contribution in [0.2, 0.25) is 0 Å². The number of fused-ring (bicyclic) bond motifs is 1. The summed E-state index contributed by atoms with van der Waals surface area (Å²) in [6.07, 6.45) is 0. The van der Waals surface area contributed by atoms with Gasteiger partial charge in [0.05, 0.1) is 13.2 Å². The van der Waals surface area contributed by atoms with Gasteiger partial charge in [-0.1, -0.05) is 36.4 Å². The molecule has 2 aromatic carbocycles. The van der Waals surface area contributed by atoms with Crippen molar-refractivity contribution < 1.29 is 4.74 Å². The Morgan fingerprint density at radius 1 is 1.06 bits per heavy atom. The largest absolute Gasteiger partial charge is 0.372 e. The van der Waals surface area contributed by atoms with Gasteiger partial charge in [-0.05, 0) is 40.8 Å². The number of rotatable bonds is 2. The molecule has 1 atom stereocenters. The van der Waals surface area contributed by atoms with Gasteiger partial charge in [-0.3, -0.25) is 0 Å². The van der Waals surface area contributed by atoms with Crippen LogP contribution in [0.1, 0.15) is 29.7 Å². The van der Waals surface area contributed by atoms with Crippen LogP contribution in [0.5, 0.6) is 0 Å². The molecule has 92 valence electrons. The fraction of sp³-hybridized carbons (Fsp3) is 0.250. The van der Waals surface area contributed by atoms with Crippen LogP contribution in [0.4, 0.5) is 0 Å². The van der Waals surface area contributed by atoms with Gasteiger partial charge in [-0.2, -0.15) is 0 Å². The summed E-state index contributed by atoms with van der Waals surface area (Å²) in [5, 5.41) is 0. The van der Waals surface area contributed by atoms with Crippen molar-refractivity contribution in [3.05, 3.63) is 59.2 Å². The first-order chi connectivity index (χ1) is 8.75. The van der Waals surface area contributed by atoms with Gasteiger partial charge < -0.3 is 10.5 Å². The number of benzene rings is 2. The lowest BCUT2D eigenvalue weighted by molar-refractivity contribution is 0.134. The van der Waals surface area contributed by atoms with E-state index in [1.807, 2.05) is 13.0 Å². The summed E-state index contributed by atoms with van der Waals surface area (Å²) in [6.45, 7) is 3.49. The maximum Gasteiger partial charge on any atom is 0.0725 e. The summed E-state index contributed by atoms with van der Waals surface area (Å²) >= 11 is 0. The summed E-state index contributed by atoms with van der Waals surface area (Å²) in [6, 6.07) is 14.9. The van der Waals surface area contributed by atoms with Gasteiger partial charge >= 0.3 is 0 Å². The molecule has 1 unspecified atom stereocenters. The number of ether oxygens (including phenoxy) is 1. The Morgan fingerprint density at radius 3 is 2.67 bits per heavy atom. The Morgan fingerprint density at radius 2 is 1.83 bits per heavy atom. The summed E-state index contributed by atoms with van der Waals surface area (Å²) in [7, 11) is 0. The van der Waals surface area contributed by atoms with Crippen LogP contribution in [-0.4, -0.2) is 0 Å². The lowest BCUT2D eigenvalue weighted by Crippen LogP contribution is -2.06. The zero-order valence-corrected chi connectivity index (χ0v) is 10.5. The Hall–Kier alpha value is -1.64. The number of hydrogen-bond donors (Lipinski definition) is 1. The van der Waals surface area contributed by atoms with Crippen molar-refractivity contribution in [1.82, 2.24) is 0 Å². The van der Waals surface area contributed by atoms with Crippen LogP contribution in [-0.2, 0) is 18.0 Å². The smallest absolute Gasteiger partial charge is 0.0725 e. The Balaban J connectivity index is 2.10. The Kier molecular flexibility index (Phi) is 2.90. The summed E-state index contributed by atoms with van der Waals surface area (Å²) in [4.78, 5) is 0. The molecule has 0 saturated heterocycles. The normalized spacial score (nSPS) is 15.4. The molecule has 2 heteroatoms. The van der Waals surface area contributed by atoms with Crippen LogP contribution in [0.15, 0.2) is 42.5 Å². The molecule has 2 aromatic rings. The van der Waals surface area contributed by atoms with Crippen LogP contribution in [0.25, 0.3) is 11.1 Å². The monoisotopic (exact) mass is 239 g/mol. The third kappa shape index (κ3) is 1.94. The van der Waals surface area contributed by atoms with Crippen molar-refractivity contribution in [2.24, 2.45) is 5.73 Å². The van der Waals surface area contributed by atoms with Gasteiger partial charge in [0.2, 0.25) is 0 Å². The molecule has 18 heavy (non-hydrogen) atoms. The van der Waals surface area contributed by atoms with Gasteiger partial charge in [0, 0.05) is 6.04 Å². The summed E-state index contributed by atoms with van der Waals surface area (Å²) in [5.41, 5.74) is 12.3. The molecule has 0 amide bonds. The standard InChI is InChI=1S/C16H17NO/c1-11(17)15-4-2-3-5-16(15)12-6-7-13-9-18-10-14(13)8-12/h2-8,11H,9-10,17H2,1H3. The van der Waals surface area contributed by atoms with Crippen molar-refractivity contribution in [2.45, 2.75) is 26.2 Å². The fourth-order valence-corrected chi connectivity index (χ4v) is 2.50.